The van der Waals surface area contributed by atoms with Gasteiger partial charge in [0.25, 0.3) is 5.91 Å². The lowest BCUT2D eigenvalue weighted by Crippen LogP contribution is -2.16. The van der Waals surface area contributed by atoms with Crippen molar-refractivity contribution in [2.75, 3.05) is 5.32 Å². The highest BCUT2D eigenvalue weighted by atomic mass is 16.2. The maximum absolute atomic E-state index is 12.3. The van der Waals surface area contributed by atoms with Gasteiger partial charge in [0, 0.05) is 23.0 Å². The molecule has 118 valence electrons. The van der Waals surface area contributed by atoms with Crippen molar-refractivity contribution in [1.82, 2.24) is 25.2 Å². The Morgan fingerprint density at radius 2 is 1.92 bits per heavy atom. The molecule has 0 spiro atoms. The second-order valence-corrected chi connectivity index (χ2v) is 5.20. The number of nitrogens with one attached hydrogen (secondary N) is 3. The molecule has 1 amide bonds. The number of amides is 1. The van der Waals surface area contributed by atoms with Gasteiger partial charge in [-0.3, -0.25) is 4.79 Å². The quantitative estimate of drug-likeness (QED) is 0.533. The SMILES string of the molecule is O=C(Nc1ccc(-n2nn[nH]c2=O)cc1)c1ccc2cc[nH]c2c1. The van der Waals surface area contributed by atoms with E-state index in [1.807, 2.05) is 18.3 Å². The molecular formula is C16H12N6O2. The van der Waals surface area contributed by atoms with Gasteiger partial charge in [-0.05, 0) is 58.3 Å². The summed E-state index contributed by atoms with van der Waals surface area (Å²) in [6.07, 6.45) is 1.83. The van der Waals surface area contributed by atoms with Crippen molar-refractivity contribution in [3.8, 4) is 5.69 Å². The lowest BCUT2D eigenvalue weighted by molar-refractivity contribution is 0.102. The lowest BCUT2D eigenvalue weighted by Gasteiger charge is -2.06. The Bertz CT molecular complexity index is 1070. The van der Waals surface area contributed by atoms with E-state index >= 15 is 0 Å². The Morgan fingerprint density at radius 1 is 1.08 bits per heavy atom. The fourth-order valence-corrected chi connectivity index (χ4v) is 2.45. The third kappa shape index (κ3) is 2.45. The zero-order chi connectivity index (χ0) is 16.5. The number of rotatable bonds is 3. The van der Waals surface area contributed by atoms with Crippen LogP contribution in [0.1, 0.15) is 10.4 Å². The first-order valence-electron chi connectivity index (χ1n) is 7.20. The fourth-order valence-electron chi connectivity index (χ4n) is 2.45. The number of carbonyl (C=O) groups is 1. The van der Waals surface area contributed by atoms with E-state index in [4.69, 9.17) is 0 Å². The molecule has 0 unspecified atom stereocenters. The van der Waals surface area contributed by atoms with Gasteiger partial charge in [-0.2, -0.15) is 4.68 Å². The molecule has 2 aromatic carbocycles. The average molecular weight is 320 g/mol. The van der Waals surface area contributed by atoms with E-state index < -0.39 is 5.69 Å². The van der Waals surface area contributed by atoms with Crippen molar-refractivity contribution in [2.45, 2.75) is 0 Å². The zero-order valence-corrected chi connectivity index (χ0v) is 12.4. The van der Waals surface area contributed by atoms with Crippen molar-refractivity contribution in [3.63, 3.8) is 0 Å². The lowest BCUT2D eigenvalue weighted by atomic mass is 10.1. The first-order valence-corrected chi connectivity index (χ1v) is 7.20. The largest absolute Gasteiger partial charge is 0.365 e. The summed E-state index contributed by atoms with van der Waals surface area (Å²) in [5.41, 5.74) is 2.21. The molecule has 2 heterocycles. The van der Waals surface area contributed by atoms with E-state index in [0.29, 0.717) is 16.9 Å². The maximum atomic E-state index is 12.3. The topological polar surface area (TPSA) is 108 Å². The van der Waals surface area contributed by atoms with Crippen molar-refractivity contribution in [3.05, 3.63) is 70.8 Å². The van der Waals surface area contributed by atoms with Gasteiger partial charge in [-0.15, -0.1) is 0 Å². The van der Waals surface area contributed by atoms with Crippen LogP contribution in [-0.4, -0.2) is 31.1 Å². The van der Waals surface area contributed by atoms with E-state index in [1.54, 1.807) is 36.4 Å². The van der Waals surface area contributed by atoms with E-state index in [1.165, 1.54) is 0 Å². The smallest absolute Gasteiger partial charge is 0.361 e. The predicted octanol–water partition coefficient (Wildman–Crippen LogP) is 1.69. The molecule has 4 rings (SSSR count). The summed E-state index contributed by atoms with van der Waals surface area (Å²) in [6, 6.07) is 14.1. The molecule has 8 nitrogen and oxygen atoms in total. The van der Waals surface area contributed by atoms with E-state index in [2.05, 4.69) is 25.8 Å². The summed E-state index contributed by atoms with van der Waals surface area (Å²) in [6.45, 7) is 0. The molecule has 0 fully saturated rings. The Labute approximate surface area is 135 Å². The first kappa shape index (κ1) is 13.9. The van der Waals surface area contributed by atoms with Crippen LogP contribution >= 0.6 is 0 Å². The van der Waals surface area contributed by atoms with Crippen LogP contribution in [0.4, 0.5) is 5.69 Å². The van der Waals surface area contributed by atoms with Crippen molar-refractivity contribution in [2.24, 2.45) is 0 Å². The number of anilines is 1. The number of hydrogen-bond acceptors (Lipinski definition) is 4. The van der Waals surface area contributed by atoms with Crippen LogP contribution in [0.2, 0.25) is 0 Å². The normalized spacial score (nSPS) is 10.8. The average Bonchev–Trinajstić information content (AvgIpc) is 3.23. The summed E-state index contributed by atoms with van der Waals surface area (Å²) in [5.74, 6) is -0.210. The number of H-pyrrole nitrogens is 2. The van der Waals surface area contributed by atoms with Gasteiger partial charge in [-0.1, -0.05) is 6.07 Å². The number of tetrazole rings is 1. The second-order valence-electron chi connectivity index (χ2n) is 5.20. The summed E-state index contributed by atoms with van der Waals surface area (Å²) in [7, 11) is 0. The predicted molar refractivity (Wildman–Crippen MR) is 88.2 cm³/mol. The van der Waals surface area contributed by atoms with Crippen LogP contribution in [0.5, 0.6) is 0 Å². The second kappa shape index (κ2) is 5.51. The Morgan fingerprint density at radius 3 is 2.67 bits per heavy atom. The molecule has 0 radical (unpaired) electrons. The molecule has 4 aromatic rings. The Hall–Kier alpha value is -3.68. The van der Waals surface area contributed by atoms with E-state index in [9.17, 15) is 9.59 Å². The Kier molecular flexibility index (Phi) is 3.20. The molecule has 0 saturated carbocycles. The van der Waals surface area contributed by atoms with Gasteiger partial charge in [0.1, 0.15) is 0 Å². The minimum atomic E-state index is -0.425. The van der Waals surface area contributed by atoms with E-state index in [-0.39, 0.29) is 5.91 Å². The van der Waals surface area contributed by atoms with Gasteiger partial charge in [0.05, 0.1) is 5.69 Å². The third-order valence-electron chi connectivity index (χ3n) is 3.66. The molecule has 0 aliphatic rings. The van der Waals surface area contributed by atoms with Crippen LogP contribution < -0.4 is 11.0 Å². The Balaban J connectivity index is 1.55. The summed E-state index contributed by atoms with van der Waals surface area (Å²) in [5, 5.41) is 13.2. The molecule has 0 atom stereocenters. The van der Waals surface area contributed by atoms with Gasteiger partial charge in [0.15, 0.2) is 0 Å². The number of aromatic nitrogens is 5. The third-order valence-corrected chi connectivity index (χ3v) is 3.66. The molecule has 0 aliphatic carbocycles. The molecule has 0 bridgehead atoms. The number of hydrogen-bond donors (Lipinski definition) is 3. The van der Waals surface area contributed by atoms with Crippen LogP contribution in [0.15, 0.2) is 59.5 Å². The van der Waals surface area contributed by atoms with Gasteiger partial charge >= 0.3 is 5.69 Å². The summed E-state index contributed by atoms with van der Waals surface area (Å²) in [4.78, 5) is 26.9. The monoisotopic (exact) mass is 320 g/mol. The highest BCUT2D eigenvalue weighted by Crippen LogP contribution is 2.16. The zero-order valence-electron chi connectivity index (χ0n) is 12.4. The molecule has 0 aliphatic heterocycles. The van der Waals surface area contributed by atoms with Gasteiger partial charge in [0.2, 0.25) is 0 Å². The van der Waals surface area contributed by atoms with Crippen LogP contribution in [-0.2, 0) is 0 Å². The molecule has 3 N–H and O–H groups in total. The standard InChI is InChI=1S/C16H12N6O2/c23-15(11-2-1-10-7-8-17-14(10)9-11)18-12-3-5-13(6-4-12)22-16(24)19-20-21-22/h1-9,17H,(H,18,23)(H,19,21,24). The maximum Gasteiger partial charge on any atom is 0.365 e. The number of aromatic amines is 2. The highest BCUT2D eigenvalue weighted by molar-refractivity contribution is 6.06. The highest BCUT2D eigenvalue weighted by Gasteiger charge is 2.08. The number of fused-ring (bicyclic) bond motifs is 1. The number of carbonyl (C=O) groups excluding carboxylic acids is 1. The van der Waals surface area contributed by atoms with Crippen molar-refractivity contribution < 1.29 is 4.79 Å². The van der Waals surface area contributed by atoms with E-state index in [0.717, 1.165) is 15.6 Å². The van der Waals surface area contributed by atoms with Crippen molar-refractivity contribution in [1.29, 1.82) is 0 Å². The van der Waals surface area contributed by atoms with Gasteiger partial charge in [-0.25, -0.2) is 9.89 Å². The minimum Gasteiger partial charge on any atom is -0.361 e. The molecule has 8 heteroatoms. The molecule has 0 saturated heterocycles. The first-order chi connectivity index (χ1) is 11.7. The van der Waals surface area contributed by atoms with Crippen molar-refractivity contribution >= 4 is 22.5 Å². The van der Waals surface area contributed by atoms with Crippen LogP contribution in [0, 0.1) is 0 Å². The molecule has 24 heavy (non-hydrogen) atoms. The molecule has 2 aromatic heterocycles. The van der Waals surface area contributed by atoms with Crippen LogP contribution in [0.3, 0.4) is 0 Å². The molecular weight excluding hydrogens is 308 g/mol. The summed E-state index contributed by atoms with van der Waals surface area (Å²) < 4.78 is 1.13. The number of benzene rings is 2. The summed E-state index contributed by atoms with van der Waals surface area (Å²) >= 11 is 0. The number of nitrogens with zero attached hydrogens (tertiary/aromatic N) is 3. The fraction of sp³-hybridized carbons (Fsp3) is 0. The van der Waals surface area contributed by atoms with Crippen LogP contribution in [0.25, 0.3) is 16.6 Å². The van der Waals surface area contributed by atoms with Gasteiger partial charge < -0.3 is 10.3 Å². The minimum absolute atomic E-state index is 0.210.